The lowest BCUT2D eigenvalue weighted by molar-refractivity contribution is -0.275. The number of aromatic nitrogens is 4. The van der Waals surface area contributed by atoms with Crippen LogP contribution in [-0.2, 0) is 11.3 Å². The highest BCUT2D eigenvalue weighted by Gasteiger charge is 2.66. The van der Waals surface area contributed by atoms with Crippen molar-refractivity contribution < 1.29 is 24.2 Å². The third-order valence-electron chi connectivity index (χ3n) is 12.0. The van der Waals surface area contributed by atoms with Gasteiger partial charge in [0.2, 0.25) is 0 Å². The van der Waals surface area contributed by atoms with Gasteiger partial charge in [0.1, 0.15) is 12.4 Å². The molecule has 2 unspecified atom stereocenters. The molecule has 5 aliphatic rings. The summed E-state index contributed by atoms with van der Waals surface area (Å²) in [6.07, 6.45) is 8.52. The maximum absolute atomic E-state index is 13.6. The van der Waals surface area contributed by atoms with Gasteiger partial charge in [0, 0.05) is 28.9 Å². The van der Waals surface area contributed by atoms with Gasteiger partial charge in [-0.1, -0.05) is 37.3 Å². The standard InChI is InChI=1S/C43H48N6O5S/c1-26-29(18-44-49(26)25-42-20-40(5)19-41(6,21-42)23-43(22-40,24-42)54-39(2,3)4)28-12-13-30(45-35(28)36(50)51)27-11-14-33-32(17-27)48(15-16-53-33)38(52)47-37-46-31-9-7-8-10-34(31)55-37/h7-14,17-18H,15-16,19-25H2,1-6H3,(H,50,51)(H,46,47,52). The number of anilines is 2. The molecule has 12 heteroatoms. The molecular formula is C43H48N6O5S. The number of carbonyl (C=O) groups is 2. The minimum absolute atomic E-state index is 0.0463. The van der Waals surface area contributed by atoms with E-state index in [2.05, 4.69) is 49.6 Å². The molecule has 2 atom stereocenters. The van der Waals surface area contributed by atoms with Crippen LogP contribution in [0, 0.1) is 23.2 Å². The van der Waals surface area contributed by atoms with Gasteiger partial charge >= 0.3 is 12.0 Å². The number of nitrogens with zero attached hydrogens (tertiary/aromatic N) is 5. The third kappa shape index (κ3) is 6.46. The number of pyridine rings is 1. The van der Waals surface area contributed by atoms with Crippen molar-refractivity contribution in [2.45, 2.75) is 97.8 Å². The number of carboxylic acids is 1. The molecule has 0 spiro atoms. The number of thiazole rings is 1. The van der Waals surface area contributed by atoms with Gasteiger partial charge in [-0.2, -0.15) is 5.10 Å². The molecule has 55 heavy (non-hydrogen) atoms. The van der Waals surface area contributed by atoms with Crippen LogP contribution in [0.15, 0.2) is 60.8 Å². The van der Waals surface area contributed by atoms with Crippen LogP contribution in [-0.4, -0.2) is 61.2 Å². The largest absolute Gasteiger partial charge is 0.490 e. The van der Waals surface area contributed by atoms with Crippen LogP contribution in [0.1, 0.15) is 89.3 Å². The second kappa shape index (κ2) is 12.3. The lowest BCUT2D eigenvalue weighted by atomic mass is 9.39. The normalized spacial score (nSPS) is 26.9. The zero-order chi connectivity index (χ0) is 38.5. The second-order valence-electron chi connectivity index (χ2n) is 18.4. The highest BCUT2D eigenvalue weighted by atomic mass is 32.1. The van der Waals surface area contributed by atoms with E-state index in [0.29, 0.717) is 46.5 Å². The first-order valence-corrected chi connectivity index (χ1v) is 20.0. The lowest BCUT2D eigenvalue weighted by Crippen LogP contribution is -2.65. The number of carbonyl (C=O) groups excluding carboxylic acids is 1. The van der Waals surface area contributed by atoms with Crippen molar-refractivity contribution in [2.24, 2.45) is 16.2 Å². The SMILES string of the molecule is Cc1c(-c2ccc(-c3ccc4c(c3)N(C(=O)Nc3nc5ccccc5s3)CCO4)nc2C(=O)O)cnn1CC12CC3(C)CC(C)(C1)CC(OC(C)(C)C)(C3)C2. The topological polar surface area (TPSA) is 132 Å². The van der Waals surface area contributed by atoms with Gasteiger partial charge in [0.15, 0.2) is 10.8 Å². The summed E-state index contributed by atoms with van der Waals surface area (Å²) in [7, 11) is 0. The molecule has 3 aromatic heterocycles. The second-order valence-corrected chi connectivity index (χ2v) is 19.4. The predicted octanol–water partition coefficient (Wildman–Crippen LogP) is 9.59. The maximum atomic E-state index is 13.6. The first kappa shape index (κ1) is 35.9. The first-order chi connectivity index (χ1) is 26.0. The van der Waals surface area contributed by atoms with Crippen LogP contribution in [0.3, 0.4) is 0 Å². The number of rotatable bonds is 7. The molecule has 4 bridgehead atoms. The molecule has 0 radical (unpaired) electrons. The van der Waals surface area contributed by atoms with Crippen LogP contribution >= 0.6 is 11.3 Å². The van der Waals surface area contributed by atoms with Gasteiger partial charge in [0.25, 0.3) is 0 Å². The van der Waals surface area contributed by atoms with Gasteiger partial charge in [0.05, 0.1) is 45.5 Å². The molecule has 2 aromatic carbocycles. The highest BCUT2D eigenvalue weighted by molar-refractivity contribution is 7.22. The van der Waals surface area contributed by atoms with E-state index in [4.69, 9.17) is 19.6 Å². The molecule has 4 saturated carbocycles. The van der Waals surface area contributed by atoms with Gasteiger partial charge in [-0.15, -0.1) is 0 Å². The van der Waals surface area contributed by atoms with Crippen molar-refractivity contribution >= 4 is 44.4 Å². The van der Waals surface area contributed by atoms with Gasteiger partial charge in [-0.25, -0.2) is 19.6 Å². The predicted molar refractivity (Wildman–Crippen MR) is 214 cm³/mol. The van der Waals surface area contributed by atoms with Gasteiger partial charge in [-0.3, -0.25) is 14.9 Å². The molecule has 4 aliphatic carbocycles. The Hall–Kier alpha value is -4.81. The van der Waals surface area contributed by atoms with Gasteiger partial charge < -0.3 is 14.6 Å². The monoisotopic (exact) mass is 760 g/mol. The average molecular weight is 761 g/mol. The molecule has 1 aliphatic heterocycles. The van der Waals surface area contributed by atoms with Crippen LogP contribution in [0.5, 0.6) is 5.75 Å². The smallest absolute Gasteiger partial charge is 0.355 e. The summed E-state index contributed by atoms with van der Waals surface area (Å²) < 4.78 is 16.0. The number of benzene rings is 2. The molecule has 5 aromatic rings. The fourth-order valence-corrected chi connectivity index (χ4v) is 12.5. The maximum Gasteiger partial charge on any atom is 0.355 e. The van der Waals surface area contributed by atoms with Crippen molar-refractivity contribution in [3.8, 4) is 28.1 Å². The van der Waals surface area contributed by atoms with E-state index in [0.717, 1.165) is 60.1 Å². The van der Waals surface area contributed by atoms with E-state index in [1.54, 1.807) is 17.2 Å². The molecule has 0 saturated heterocycles. The molecule has 2 amide bonds. The first-order valence-electron chi connectivity index (χ1n) is 19.2. The summed E-state index contributed by atoms with van der Waals surface area (Å²) in [5, 5.41) is 18.9. The summed E-state index contributed by atoms with van der Waals surface area (Å²) in [4.78, 5) is 37.3. The van der Waals surface area contributed by atoms with E-state index < -0.39 is 5.97 Å². The molecule has 4 heterocycles. The zero-order valence-corrected chi connectivity index (χ0v) is 33.2. The number of hydrogen-bond donors (Lipinski definition) is 2. The molecule has 4 fully saturated rings. The lowest BCUT2D eigenvalue weighted by Gasteiger charge is -2.70. The van der Waals surface area contributed by atoms with Crippen LogP contribution in [0.2, 0.25) is 0 Å². The van der Waals surface area contributed by atoms with Crippen LogP contribution < -0.4 is 15.0 Å². The molecule has 2 N–H and O–H groups in total. The van der Waals surface area contributed by atoms with Crippen molar-refractivity contribution in [3.63, 3.8) is 0 Å². The number of fused-ring (bicyclic) bond motifs is 2. The molecule has 11 nitrogen and oxygen atoms in total. The third-order valence-corrected chi connectivity index (χ3v) is 13.0. The molecular weight excluding hydrogens is 713 g/mol. The Labute approximate surface area is 325 Å². The highest BCUT2D eigenvalue weighted by Crippen LogP contribution is 2.72. The summed E-state index contributed by atoms with van der Waals surface area (Å²) in [6, 6.07) is 16.6. The van der Waals surface area contributed by atoms with E-state index >= 15 is 0 Å². The summed E-state index contributed by atoms with van der Waals surface area (Å²) in [6.45, 7) is 14.9. The fourth-order valence-electron chi connectivity index (χ4n) is 11.6. The van der Waals surface area contributed by atoms with Crippen LogP contribution in [0.4, 0.5) is 15.6 Å². The Morgan fingerprint density at radius 1 is 0.964 bits per heavy atom. The van der Waals surface area contributed by atoms with Crippen molar-refractivity contribution in [1.29, 1.82) is 0 Å². The summed E-state index contributed by atoms with van der Waals surface area (Å²) >= 11 is 1.41. The Balaban J connectivity index is 0.995. The summed E-state index contributed by atoms with van der Waals surface area (Å²) in [5.41, 5.74) is 4.82. The zero-order valence-electron chi connectivity index (χ0n) is 32.4. The van der Waals surface area contributed by atoms with E-state index in [-0.39, 0.29) is 39.2 Å². The van der Waals surface area contributed by atoms with E-state index in [1.807, 2.05) is 55.5 Å². The number of para-hydroxylation sites is 1. The Kier molecular flexibility index (Phi) is 8.05. The number of amides is 2. The number of hydrogen-bond acceptors (Lipinski definition) is 8. The Morgan fingerprint density at radius 2 is 1.73 bits per heavy atom. The van der Waals surface area contributed by atoms with Crippen molar-refractivity contribution in [1.82, 2.24) is 19.7 Å². The van der Waals surface area contributed by atoms with Crippen molar-refractivity contribution in [2.75, 3.05) is 23.4 Å². The number of aromatic carboxylic acids is 1. The Bertz CT molecular complexity index is 2320. The fraction of sp³-hybridized carbons (Fsp3) is 0.465. The Morgan fingerprint density at radius 3 is 2.45 bits per heavy atom. The number of nitrogens with one attached hydrogen (secondary N) is 1. The number of ether oxygens (including phenoxy) is 2. The number of carboxylic acid groups (broad SMARTS) is 1. The summed E-state index contributed by atoms with van der Waals surface area (Å²) in [5.74, 6) is -0.559. The number of urea groups is 1. The molecule has 286 valence electrons. The quantitative estimate of drug-likeness (QED) is 0.168. The van der Waals surface area contributed by atoms with Gasteiger partial charge in [-0.05, 0) is 125 Å². The minimum Gasteiger partial charge on any atom is -0.490 e. The van der Waals surface area contributed by atoms with E-state index in [9.17, 15) is 14.7 Å². The van der Waals surface area contributed by atoms with Crippen LogP contribution in [0.25, 0.3) is 32.6 Å². The van der Waals surface area contributed by atoms with E-state index in [1.165, 1.54) is 17.8 Å². The minimum atomic E-state index is -1.12. The molecule has 10 rings (SSSR count). The average Bonchev–Trinajstić information content (AvgIpc) is 3.66. The van der Waals surface area contributed by atoms with Crippen molar-refractivity contribution in [3.05, 3.63) is 72.2 Å².